The highest BCUT2D eigenvalue weighted by atomic mass is 32.2. The summed E-state index contributed by atoms with van der Waals surface area (Å²) < 4.78 is 26.9. The molecule has 1 saturated carbocycles. The van der Waals surface area contributed by atoms with Gasteiger partial charge in [-0.05, 0) is 30.2 Å². The van der Waals surface area contributed by atoms with E-state index >= 15 is 0 Å². The summed E-state index contributed by atoms with van der Waals surface area (Å²) in [6.45, 7) is 4.63. The molecule has 1 aliphatic heterocycles. The van der Waals surface area contributed by atoms with Crippen LogP contribution in [0.2, 0.25) is 0 Å². The van der Waals surface area contributed by atoms with Gasteiger partial charge in [-0.15, -0.1) is 11.3 Å². The van der Waals surface area contributed by atoms with Gasteiger partial charge in [0.2, 0.25) is 5.91 Å². The predicted octanol–water partition coefficient (Wildman–Crippen LogP) is 1.75. The maximum absolute atomic E-state index is 12.5. The summed E-state index contributed by atoms with van der Waals surface area (Å²) in [5, 5.41) is 4.95. The Labute approximate surface area is 154 Å². The smallest absolute Gasteiger partial charge is 0.252 e. The molecule has 0 unspecified atom stereocenters. The molecule has 3 rings (SSSR count). The van der Waals surface area contributed by atoms with Crippen LogP contribution in [0.5, 0.6) is 0 Å². The van der Waals surface area contributed by atoms with Crippen molar-refractivity contribution in [1.29, 1.82) is 0 Å². The van der Waals surface area contributed by atoms with Crippen molar-refractivity contribution >= 4 is 27.3 Å². The molecular formula is C17H27N3O3S2. The molecule has 1 aromatic rings. The van der Waals surface area contributed by atoms with E-state index in [9.17, 15) is 13.2 Å². The number of piperazine rings is 1. The number of hydrogen-bond acceptors (Lipinski definition) is 5. The quantitative estimate of drug-likeness (QED) is 0.838. The molecule has 6 nitrogen and oxygen atoms in total. The van der Waals surface area contributed by atoms with Crippen LogP contribution in [0.25, 0.3) is 0 Å². The van der Waals surface area contributed by atoms with E-state index in [0.29, 0.717) is 48.9 Å². The van der Waals surface area contributed by atoms with E-state index in [1.54, 1.807) is 17.5 Å². The largest absolute Gasteiger partial charge is 0.352 e. The van der Waals surface area contributed by atoms with Gasteiger partial charge in [0.05, 0.1) is 6.54 Å². The SMILES string of the molecule is C[C@@H]1CCCC[C@@H]1NC(=O)CN1CCN(S(=O)(=O)c2cccs2)CC1. The Morgan fingerprint density at radius 1 is 1.24 bits per heavy atom. The monoisotopic (exact) mass is 385 g/mol. The third kappa shape index (κ3) is 4.61. The Hall–Kier alpha value is -0.960. The van der Waals surface area contributed by atoms with Crippen LogP contribution in [0.1, 0.15) is 32.6 Å². The molecule has 1 amide bonds. The number of sulfonamides is 1. The van der Waals surface area contributed by atoms with Gasteiger partial charge < -0.3 is 5.32 Å². The molecule has 1 saturated heterocycles. The molecule has 0 spiro atoms. The van der Waals surface area contributed by atoms with Gasteiger partial charge in [-0.2, -0.15) is 4.31 Å². The van der Waals surface area contributed by atoms with Gasteiger partial charge in [-0.3, -0.25) is 9.69 Å². The first-order valence-corrected chi connectivity index (χ1v) is 11.3. The topological polar surface area (TPSA) is 69.7 Å². The predicted molar refractivity (Wildman–Crippen MR) is 99.1 cm³/mol. The standard InChI is InChI=1S/C17H27N3O3S2/c1-14-5-2-3-6-15(14)18-16(21)13-19-8-10-20(11-9-19)25(22,23)17-7-4-12-24-17/h4,7,12,14-15H,2-3,5-6,8-11,13H2,1H3,(H,18,21)/t14-,15+/m1/s1. The van der Waals surface area contributed by atoms with Crippen molar-refractivity contribution in [3.8, 4) is 0 Å². The van der Waals surface area contributed by atoms with E-state index in [2.05, 4.69) is 12.2 Å². The van der Waals surface area contributed by atoms with E-state index < -0.39 is 10.0 Å². The molecule has 2 aliphatic rings. The summed E-state index contributed by atoms with van der Waals surface area (Å²) in [6.07, 6.45) is 4.70. The Kier molecular flexibility index (Phi) is 6.14. The highest BCUT2D eigenvalue weighted by Crippen LogP contribution is 2.24. The molecular weight excluding hydrogens is 358 g/mol. The Bertz CT molecular complexity index is 667. The van der Waals surface area contributed by atoms with Gasteiger partial charge in [0.1, 0.15) is 4.21 Å². The maximum Gasteiger partial charge on any atom is 0.252 e. The van der Waals surface area contributed by atoms with Crippen LogP contribution < -0.4 is 5.32 Å². The lowest BCUT2D eigenvalue weighted by atomic mass is 9.86. The van der Waals surface area contributed by atoms with Crippen LogP contribution in [0.4, 0.5) is 0 Å². The van der Waals surface area contributed by atoms with Gasteiger partial charge in [0.15, 0.2) is 0 Å². The lowest BCUT2D eigenvalue weighted by Crippen LogP contribution is -2.52. The van der Waals surface area contributed by atoms with Crippen LogP contribution in [-0.2, 0) is 14.8 Å². The van der Waals surface area contributed by atoms with Crippen molar-refractivity contribution in [3.05, 3.63) is 17.5 Å². The van der Waals surface area contributed by atoms with Crippen LogP contribution in [0.15, 0.2) is 21.7 Å². The molecule has 0 radical (unpaired) electrons. The molecule has 25 heavy (non-hydrogen) atoms. The minimum absolute atomic E-state index is 0.0633. The first kappa shape index (κ1) is 18.8. The van der Waals surface area contributed by atoms with E-state index in [-0.39, 0.29) is 5.91 Å². The minimum Gasteiger partial charge on any atom is -0.352 e. The number of rotatable bonds is 5. The van der Waals surface area contributed by atoms with Crippen molar-refractivity contribution in [3.63, 3.8) is 0 Å². The Balaban J connectivity index is 1.47. The average molecular weight is 386 g/mol. The first-order chi connectivity index (χ1) is 12.0. The van der Waals surface area contributed by atoms with Crippen molar-refractivity contribution in [2.45, 2.75) is 42.9 Å². The second-order valence-corrected chi connectivity index (χ2v) is 10.2. The van der Waals surface area contributed by atoms with E-state index in [1.807, 2.05) is 4.90 Å². The number of nitrogens with one attached hydrogen (secondary N) is 1. The molecule has 2 atom stereocenters. The van der Waals surface area contributed by atoms with Crippen molar-refractivity contribution in [1.82, 2.24) is 14.5 Å². The van der Waals surface area contributed by atoms with Crippen LogP contribution in [0, 0.1) is 5.92 Å². The summed E-state index contributed by atoms with van der Waals surface area (Å²) >= 11 is 1.25. The number of amides is 1. The molecule has 140 valence electrons. The third-order valence-corrected chi connectivity index (χ3v) is 8.52. The zero-order valence-corrected chi connectivity index (χ0v) is 16.3. The van der Waals surface area contributed by atoms with Gasteiger partial charge in [-0.1, -0.05) is 25.8 Å². The molecule has 2 heterocycles. The number of hydrogen-bond donors (Lipinski definition) is 1. The average Bonchev–Trinajstić information content (AvgIpc) is 3.13. The van der Waals surface area contributed by atoms with Gasteiger partial charge >= 0.3 is 0 Å². The molecule has 0 aromatic carbocycles. The number of carbonyl (C=O) groups excluding carboxylic acids is 1. The lowest BCUT2D eigenvalue weighted by molar-refractivity contribution is -0.123. The highest BCUT2D eigenvalue weighted by molar-refractivity contribution is 7.91. The summed E-state index contributed by atoms with van der Waals surface area (Å²) in [7, 11) is -3.38. The van der Waals surface area contributed by atoms with E-state index in [1.165, 1.54) is 34.9 Å². The Morgan fingerprint density at radius 3 is 2.60 bits per heavy atom. The van der Waals surface area contributed by atoms with Gasteiger partial charge in [0.25, 0.3) is 10.0 Å². The Morgan fingerprint density at radius 2 is 1.96 bits per heavy atom. The van der Waals surface area contributed by atoms with E-state index in [0.717, 1.165) is 6.42 Å². The zero-order chi connectivity index (χ0) is 17.9. The van der Waals surface area contributed by atoms with Crippen LogP contribution in [0.3, 0.4) is 0 Å². The molecule has 1 aromatic heterocycles. The molecule has 0 bridgehead atoms. The van der Waals surface area contributed by atoms with Crippen molar-refractivity contribution in [2.75, 3.05) is 32.7 Å². The number of thiophene rings is 1. The van der Waals surface area contributed by atoms with Gasteiger partial charge in [0, 0.05) is 32.2 Å². The van der Waals surface area contributed by atoms with Crippen molar-refractivity contribution < 1.29 is 13.2 Å². The second-order valence-electron chi connectivity index (χ2n) is 7.05. The second kappa shape index (κ2) is 8.16. The molecule has 1 N–H and O–H groups in total. The lowest BCUT2D eigenvalue weighted by Gasteiger charge is -2.34. The van der Waals surface area contributed by atoms with Crippen LogP contribution >= 0.6 is 11.3 Å². The summed E-state index contributed by atoms with van der Waals surface area (Å²) in [5.41, 5.74) is 0. The molecule has 2 fully saturated rings. The third-order valence-electron chi connectivity index (χ3n) is 5.25. The fourth-order valence-corrected chi connectivity index (χ4v) is 6.22. The fraction of sp³-hybridized carbons (Fsp3) is 0.706. The van der Waals surface area contributed by atoms with Crippen molar-refractivity contribution in [2.24, 2.45) is 5.92 Å². The number of carbonyl (C=O) groups is 1. The summed E-state index contributed by atoms with van der Waals surface area (Å²) in [4.78, 5) is 14.4. The summed E-state index contributed by atoms with van der Waals surface area (Å²) in [5.74, 6) is 0.610. The number of nitrogens with zero attached hydrogens (tertiary/aromatic N) is 2. The summed E-state index contributed by atoms with van der Waals surface area (Å²) in [6, 6.07) is 3.69. The highest BCUT2D eigenvalue weighted by Gasteiger charge is 2.30. The minimum atomic E-state index is -3.38. The first-order valence-electron chi connectivity index (χ1n) is 9.02. The zero-order valence-electron chi connectivity index (χ0n) is 14.7. The maximum atomic E-state index is 12.5. The normalized spacial score (nSPS) is 26.4. The van der Waals surface area contributed by atoms with Gasteiger partial charge in [-0.25, -0.2) is 8.42 Å². The molecule has 8 heteroatoms. The van der Waals surface area contributed by atoms with E-state index in [4.69, 9.17) is 0 Å². The van der Waals surface area contributed by atoms with Crippen LogP contribution in [-0.4, -0.2) is 62.3 Å². The molecule has 1 aliphatic carbocycles. The fourth-order valence-electron chi connectivity index (χ4n) is 3.65.